The first-order valence-corrected chi connectivity index (χ1v) is 6.48. The van der Waals surface area contributed by atoms with Crippen molar-refractivity contribution in [1.82, 2.24) is 4.98 Å². The van der Waals surface area contributed by atoms with E-state index in [-0.39, 0.29) is 16.7 Å². The molecule has 0 radical (unpaired) electrons. The third-order valence-corrected chi connectivity index (χ3v) is 3.31. The van der Waals surface area contributed by atoms with Crippen LogP contribution in [0.3, 0.4) is 0 Å². The number of pyridine rings is 1. The highest BCUT2D eigenvalue weighted by Gasteiger charge is 2.16. The van der Waals surface area contributed by atoms with Gasteiger partial charge >= 0.3 is 5.69 Å². The molecule has 0 spiro atoms. The molecule has 0 aliphatic carbocycles. The molecule has 0 saturated carbocycles. The normalized spacial score (nSPS) is 10.3. The number of benzene rings is 1. The maximum absolute atomic E-state index is 10.9. The minimum absolute atomic E-state index is 0.115. The van der Waals surface area contributed by atoms with E-state index in [1.165, 1.54) is 12.1 Å². The number of nitro groups is 1. The molecule has 19 heavy (non-hydrogen) atoms. The Bertz CT molecular complexity index is 649. The molecule has 0 aliphatic heterocycles. The van der Waals surface area contributed by atoms with Crippen LogP contribution in [-0.2, 0) is 0 Å². The molecule has 1 N–H and O–H groups in total. The predicted octanol–water partition coefficient (Wildman–Crippen LogP) is 4.46. The van der Waals surface area contributed by atoms with Crippen molar-refractivity contribution in [3.63, 3.8) is 0 Å². The maximum atomic E-state index is 10.9. The summed E-state index contributed by atoms with van der Waals surface area (Å²) in [5, 5.41) is 14.1. The molecule has 2 rings (SSSR count). The molecule has 0 aliphatic rings. The van der Waals surface area contributed by atoms with Crippen LogP contribution >= 0.6 is 27.5 Å². The number of nitrogens with one attached hydrogen (secondary N) is 1. The quantitative estimate of drug-likeness (QED) is 0.508. The Morgan fingerprint density at radius 3 is 2.79 bits per heavy atom. The zero-order chi connectivity index (χ0) is 14.0. The second-order valence-electron chi connectivity index (χ2n) is 3.87. The van der Waals surface area contributed by atoms with Gasteiger partial charge in [-0.15, -0.1) is 0 Å². The molecule has 7 heteroatoms. The minimum atomic E-state index is -0.505. The Balaban J connectivity index is 2.45. The van der Waals surface area contributed by atoms with Gasteiger partial charge in [0.05, 0.1) is 10.6 Å². The van der Waals surface area contributed by atoms with E-state index in [9.17, 15) is 10.1 Å². The second kappa shape index (κ2) is 5.54. The summed E-state index contributed by atoms with van der Waals surface area (Å²) in [6.45, 7) is 1.93. The summed E-state index contributed by atoms with van der Waals surface area (Å²) in [4.78, 5) is 14.4. The molecule has 0 atom stereocenters. The molecule has 0 amide bonds. The molecule has 5 nitrogen and oxygen atoms in total. The predicted molar refractivity (Wildman–Crippen MR) is 78.1 cm³/mol. The van der Waals surface area contributed by atoms with Gasteiger partial charge in [0.15, 0.2) is 0 Å². The van der Waals surface area contributed by atoms with Crippen LogP contribution in [0, 0.1) is 17.0 Å². The molecule has 0 fully saturated rings. The van der Waals surface area contributed by atoms with Crippen LogP contribution in [-0.4, -0.2) is 9.91 Å². The van der Waals surface area contributed by atoms with Gasteiger partial charge in [-0.2, -0.15) is 0 Å². The van der Waals surface area contributed by atoms with Crippen molar-refractivity contribution in [1.29, 1.82) is 0 Å². The lowest BCUT2D eigenvalue weighted by atomic mass is 10.2. The van der Waals surface area contributed by atoms with Gasteiger partial charge in [-0.25, -0.2) is 4.98 Å². The topological polar surface area (TPSA) is 68.1 Å². The lowest BCUT2D eigenvalue weighted by molar-refractivity contribution is -0.384. The number of aromatic nitrogens is 1. The van der Waals surface area contributed by atoms with Gasteiger partial charge in [-0.3, -0.25) is 10.1 Å². The molecular formula is C12H9BrClN3O2. The Labute approximate surface area is 122 Å². The average Bonchev–Trinajstić information content (AvgIpc) is 2.33. The fourth-order valence-corrected chi connectivity index (χ4v) is 2.02. The van der Waals surface area contributed by atoms with Gasteiger partial charge in [-0.05, 0) is 46.6 Å². The van der Waals surface area contributed by atoms with Crippen molar-refractivity contribution < 1.29 is 4.92 Å². The highest BCUT2D eigenvalue weighted by Crippen LogP contribution is 2.31. The monoisotopic (exact) mass is 341 g/mol. The molecule has 1 heterocycles. The summed E-state index contributed by atoms with van der Waals surface area (Å²) in [6.07, 6.45) is 0. The zero-order valence-electron chi connectivity index (χ0n) is 9.85. The van der Waals surface area contributed by atoms with E-state index < -0.39 is 4.92 Å². The third kappa shape index (κ3) is 3.21. The smallest absolute Gasteiger partial charge is 0.311 e. The second-order valence-corrected chi connectivity index (χ2v) is 5.11. The molecule has 0 bridgehead atoms. The number of aryl methyl sites for hydroxylation is 1. The highest BCUT2D eigenvalue weighted by molar-refractivity contribution is 9.10. The summed E-state index contributed by atoms with van der Waals surface area (Å²) in [6, 6.07) is 8.34. The largest absolute Gasteiger partial charge is 0.333 e. The first-order chi connectivity index (χ1) is 8.97. The first-order valence-electron chi connectivity index (χ1n) is 5.31. The van der Waals surface area contributed by atoms with Crippen LogP contribution in [0.5, 0.6) is 0 Å². The van der Waals surface area contributed by atoms with Gasteiger partial charge in [0, 0.05) is 10.5 Å². The maximum Gasteiger partial charge on any atom is 0.311 e. The number of halogens is 2. The van der Waals surface area contributed by atoms with Crippen LogP contribution in [0.25, 0.3) is 0 Å². The molecule has 0 saturated heterocycles. The van der Waals surface area contributed by atoms with Gasteiger partial charge < -0.3 is 5.32 Å². The van der Waals surface area contributed by atoms with Crippen molar-refractivity contribution in [3.8, 4) is 0 Å². The van der Waals surface area contributed by atoms with E-state index in [0.29, 0.717) is 5.69 Å². The number of nitrogens with zero attached hydrogens (tertiary/aromatic N) is 2. The number of hydrogen-bond donors (Lipinski definition) is 1. The lowest BCUT2D eigenvalue weighted by Gasteiger charge is -2.09. The highest BCUT2D eigenvalue weighted by atomic mass is 79.9. The van der Waals surface area contributed by atoms with Crippen molar-refractivity contribution in [2.75, 3.05) is 5.32 Å². The molecule has 0 unspecified atom stereocenters. The minimum Gasteiger partial charge on any atom is -0.333 e. The Morgan fingerprint density at radius 2 is 2.11 bits per heavy atom. The Hall–Kier alpha value is -1.66. The number of hydrogen-bond acceptors (Lipinski definition) is 4. The molecule has 98 valence electrons. The van der Waals surface area contributed by atoms with Crippen molar-refractivity contribution in [3.05, 3.63) is 55.6 Å². The average molecular weight is 343 g/mol. The van der Waals surface area contributed by atoms with Crippen LogP contribution < -0.4 is 5.32 Å². The van der Waals surface area contributed by atoms with Gasteiger partial charge in [-0.1, -0.05) is 17.7 Å². The molecule has 1 aromatic heterocycles. The third-order valence-electron chi connectivity index (χ3n) is 2.41. The summed E-state index contributed by atoms with van der Waals surface area (Å²) < 4.78 is 0.786. The van der Waals surface area contributed by atoms with E-state index in [2.05, 4.69) is 26.2 Å². The SMILES string of the molecule is Cc1ccc(Br)c(Nc2nc(Cl)ccc2[N+](=O)[O-])c1. The van der Waals surface area contributed by atoms with E-state index in [1.54, 1.807) is 0 Å². The van der Waals surface area contributed by atoms with Gasteiger partial charge in [0.1, 0.15) is 5.15 Å². The lowest BCUT2D eigenvalue weighted by Crippen LogP contribution is -2.00. The van der Waals surface area contributed by atoms with E-state index in [0.717, 1.165) is 10.0 Å². The Kier molecular flexibility index (Phi) is 4.01. The van der Waals surface area contributed by atoms with Crippen LogP contribution in [0.1, 0.15) is 5.56 Å². The molecule has 2 aromatic rings. The summed E-state index contributed by atoms with van der Waals surface area (Å²) in [5.41, 5.74) is 1.59. The molecule has 1 aromatic carbocycles. The van der Waals surface area contributed by atoms with E-state index in [4.69, 9.17) is 11.6 Å². The van der Waals surface area contributed by atoms with Crippen LogP contribution in [0.2, 0.25) is 5.15 Å². The standard InChI is InChI=1S/C12H9BrClN3O2/c1-7-2-3-8(13)9(6-7)15-12-10(17(18)19)4-5-11(14)16-12/h2-6H,1H3,(H,15,16). The zero-order valence-corrected chi connectivity index (χ0v) is 12.2. The van der Waals surface area contributed by atoms with Gasteiger partial charge in [0.25, 0.3) is 0 Å². The number of anilines is 2. The van der Waals surface area contributed by atoms with Gasteiger partial charge in [0.2, 0.25) is 5.82 Å². The van der Waals surface area contributed by atoms with E-state index >= 15 is 0 Å². The summed E-state index contributed by atoms with van der Waals surface area (Å²) in [7, 11) is 0. The van der Waals surface area contributed by atoms with Crippen LogP contribution in [0.15, 0.2) is 34.8 Å². The van der Waals surface area contributed by atoms with Crippen molar-refractivity contribution >= 4 is 44.7 Å². The van der Waals surface area contributed by atoms with Crippen molar-refractivity contribution in [2.24, 2.45) is 0 Å². The first kappa shape index (κ1) is 13.8. The molecular weight excluding hydrogens is 334 g/mol. The summed E-state index contributed by atoms with van der Waals surface area (Å²) >= 11 is 9.15. The van der Waals surface area contributed by atoms with Crippen LogP contribution in [0.4, 0.5) is 17.2 Å². The fourth-order valence-electron chi connectivity index (χ4n) is 1.53. The fraction of sp³-hybridized carbons (Fsp3) is 0.0833. The number of rotatable bonds is 3. The van der Waals surface area contributed by atoms with E-state index in [1.807, 2.05) is 25.1 Å². The summed E-state index contributed by atoms with van der Waals surface area (Å²) in [5.74, 6) is 0.115. The Morgan fingerprint density at radius 1 is 1.37 bits per heavy atom. The van der Waals surface area contributed by atoms with Crippen molar-refractivity contribution in [2.45, 2.75) is 6.92 Å².